The molecule has 0 saturated carbocycles. The maximum atomic E-state index is 13.5. The zero-order chi connectivity index (χ0) is 26.9. The molecular weight excluding hydrogens is 492 g/mol. The van der Waals surface area contributed by atoms with Crippen LogP contribution >= 0.6 is 0 Å². The van der Waals surface area contributed by atoms with E-state index in [2.05, 4.69) is 9.72 Å². The molecule has 0 spiro atoms. The van der Waals surface area contributed by atoms with Crippen molar-refractivity contribution < 1.29 is 23.9 Å². The average Bonchev–Trinajstić information content (AvgIpc) is 3.51. The van der Waals surface area contributed by atoms with Crippen molar-refractivity contribution in [1.29, 1.82) is 0 Å². The van der Waals surface area contributed by atoms with Gasteiger partial charge in [0, 0.05) is 34.5 Å². The summed E-state index contributed by atoms with van der Waals surface area (Å²) in [5.74, 6) is 0.937. The first-order valence-electron chi connectivity index (χ1n) is 12.8. The Balaban J connectivity index is 1.47. The fraction of sp³-hybridized carbons (Fsp3) is 0.156. The van der Waals surface area contributed by atoms with Crippen molar-refractivity contribution in [3.8, 4) is 11.5 Å². The van der Waals surface area contributed by atoms with E-state index in [0.717, 1.165) is 38.7 Å². The van der Waals surface area contributed by atoms with Gasteiger partial charge in [-0.15, -0.1) is 0 Å². The Morgan fingerprint density at radius 3 is 2.51 bits per heavy atom. The molecule has 2 heterocycles. The maximum Gasteiger partial charge on any atom is 0.331 e. The Morgan fingerprint density at radius 2 is 1.72 bits per heavy atom. The number of carbonyl (C=O) groups is 2. The van der Waals surface area contributed by atoms with Gasteiger partial charge < -0.3 is 18.9 Å². The molecule has 1 aliphatic heterocycles. The predicted molar refractivity (Wildman–Crippen MR) is 150 cm³/mol. The number of hydrogen-bond acceptors (Lipinski definition) is 6. The summed E-state index contributed by atoms with van der Waals surface area (Å²) in [7, 11) is 0. The fourth-order valence-corrected chi connectivity index (χ4v) is 5.09. The second-order valence-electron chi connectivity index (χ2n) is 9.44. The van der Waals surface area contributed by atoms with Gasteiger partial charge >= 0.3 is 5.97 Å². The van der Waals surface area contributed by atoms with Gasteiger partial charge in [0.25, 0.3) is 0 Å². The Hall–Kier alpha value is -4.91. The number of oxime groups is 1. The van der Waals surface area contributed by atoms with Crippen molar-refractivity contribution >= 4 is 39.3 Å². The zero-order valence-electron chi connectivity index (χ0n) is 21.6. The summed E-state index contributed by atoms with van der Waals surface area (Å²) < 4.78 is 14.3. The highest BCUT2D eigenvalue weighted by Gasteiger charge is 2.27. The lowest BCUT2D eigenvalue weighted by Crippen LogP contribution is -2.08. The lowest BCUT2D eigenvalue weighted by Gasteiger charge is -2.10. The van der Waals surface area contributed by atoms with Crippen LogP contribution in [0.2, 0.25) is 0 Å². The van der Waals surface area contributed by atoms with E-state index in [9.17, 15) is 9.59 Å². The van der Waals surface area contributed by atoms with Crippen molar-refractivity contribution in [2.75, 3.05) is 13.2 Å². The topological polar surface area (TPSA) is 79.1 Å². The van der Waals surface area contributed by atoms with Gasteiger partial charge in [-0.1, -0.05) is 47.6 Å². The number of aryl methyl sites for hydroxylation is 1. The number of hydrogen-bond donors (Lipinski definition) is 0. The van der Waals surface area contributed by atoms with Gasteiger partial charge in [-0.05, 0) is 55.0 Å². The first-order chi connectivity index (χ1) is 19.0. The van der Waals surface area contributed by atoms with Crippen LogP contribution in [0.3, 0.4) is 0 Å². The minimum Gasteiger partial charge on any atom is -0.492 e. The highest BCUT2D eigenvalue weighted by molar-refractivity contribution is 6.20. The largest absolute Gasteiger partial charge is 0.492 e. The number of ether oxygens (including phenoxy) is 2. The average molecular weight is 519 g/mol. The summed E-state index contributed by atoms with van der Waals surface area (Å²) in [6, 6.07) is 27.0. The van der Waals surface area contributed by atoms with Crippen molar-refractivity contribution in [1.82, 2.24) is 4.57 Å². The van der Waals surface area contributed by atoms with Crippen LogP contribution < -0.4 is 9.47 Å². The van der Waals surface area contributed by atoms with Crippen molar-refractivity contribution in [2.45, 2.75) is 20.4 Å². The summed E-state index contributed by atoms with van der Waals surface area (Å²) in [5, 5.41) is 5.78. The van der Waals surface area contributed by atoms with Crippen LogP contribution in [0.5, 0.6) is 11.5 Å². The number of carbonyl (C=O) groups excluding carboxylic acids is 2. The first kappa shape index (κ1) is 24.4. The molecule has 0 aliphatic carbocycles. The summed E-state index contributed by atoms with van der Waals surface area (Å²) in [6.45, 7) is 4.49. The molecule has 1 aliphatic rings. The Labute approximate surface area is 225 Å². The third-order valence-corrected chi connectivity index (χ3v) is 6.91. The number of fused-ring (bicyclic) bond motifs is 5. The highest BCUT2D eigenvalue weighted by atomic mass is 16.7. The molecule has 39 heavy (non-hydrogen) atoms. The molecule has 0 unspecified atom stereocenters. The first-order valence-corrected chi connectivity index (χ1v) is 12.8. The maximum absolute atomic E-state index is 13.5. The van der Waals surface area contributed by atoms with E-state index in [0.29, 0.717) is 35.7 Å². The lowest BCUT2D eigenvalue weighted by atomic mass is 9.97. The molecule has 0 radical (unpaired) electrons. The number of ketones is 1. The monoisotopic (exact) mass is 518 g/mol. The van der Waals surface area contributed by atoms with Crippen LogP contribution in [-0.4, -0.2) is 35.2 Å². The number of para-hydroxylation sites is 1. The molecule has 194 valence electrons. The smallest absolute Gasteiger partial charge is 0.331 e. The Bertz CT molecular complexity index is 1770. The Kier molecular flexibility index (Phi) is 6.32. The third kappa shape index (κ3) is 4.52. The van der Waals surface area contributed by atoms with Crippen molar-refractivity contribution in [3.05, 3.63) is 107 Å². The summed E-state index contributed by atoms with van der Waals surface area (Å²) >= 11 is 0. The second kappa shape index (κ2) is 10.1. The Morgan fingerprint density at radius 1 is 0.949 bits per heavy atom. The molecular formula is C32H26N2O5. The number of aromatic nitrogens is 1. The zero-order valence-corrected chi connectivity index (χ0v) is 21.6. The van der Waals surface area contributed by atoms with E-state index >= 15 is 0 Å². The molecule has 0 saturated heterocycles. The van der Waals surface area contributed by atoms with Crippen LogP contribution in [-0.2, 0) is 16.2 Å². The van der Waals surface area contributed by atoms with Crippen LogP contribution in [0.25, 0.3) is 21.8 Å². The van der Waals surface area contributed by atoms with E-state index in [1.165, 1.54) is 6.92 Å². The minimum absolute atomic E-state index is 0.0334. The quantitative estimate of drug-likeness (QED) is 0.148. The van der Waals surface area contributed by atoms with Gasteiger partial charge in [0.15, 0.2) is 5.78 Å². The van der Waals surface area contributed by atoms with Gasteiger partial charge in [-0.3, -0.25) is 4.79 Å². The molecule has 4 aromatic carbocycles. The van der Waals surface area contributed by atoms with Crippen LogP contribution in [0.1, 0.15) is 34.0 Å². The fourth-order valence-electron chi connectivity index (χ4n) is 5.09. The van der Waals surface area contributed by atoms with Gasteiger partial charge in [-0.2, -0.15) is 0 Å². The predicted octanol–water partition coefficient (Wildman–Crippen LogP) is 6.07. The van der Waals surface area contributed by atoms with Gasteiger partial charge in [0.05, 0.1) is 17.4 Å². The molecule has 0 atom stereocenters. The molecule has 5 aromatic rings. The van der Waals surface area contributed by atoms with Gasteiger partial charge in [0.1, 0.15) is 30.4 Å². The minimum atomic E-state index is -0.494. The highest BCUT2D eigenvalue weighted by Crippen LogP contribution is 2.41. The lowest BCUT2D eigenvalue weighted by molar-refractivity contribution is -0.140. The number of benzene rings is 4. The molecule has 0 bridgehead atoms. The number of rotatable bonds is 7. The van der Waals surface area contributed by atoms with E-state index in [-0.39, 0.29) is 12.4 Å². The van der Waals surface area contributed by atoms with E-state index in [4.69, 9.17) is 14.3 Å². The van der Waals surface area contributed by atoms with Crippen LogP contribution in [0.15, 0.2) is 90.1 Å². The molecule has 0 fully saturated rings. The summed E-state index contributed by atoms with van der Waals surface area (Å²) in [5.41, 5.74) is 5.43. The van der Waals surface area contributed by atoms with Gasteiger partial charge in [0.2, 0.25) is 0 Å². The van der Waals surface area contributed by atoms with E-state index in [1.54, 1.807) is 0 Å². The molecule has 7 nitrogen and oxygen atoms in total. The summed E-state index contributed by atoms with van der Waals surface area (Å²) in [4.78, 5) is 29.7. The molecule has 7 heteroatoms. The van der Waals surface area contributed by atoms with Gasteiger partial charge in [-0.25, -0.2) is 4.79 Å². The normalized spacial score (nSPS) is 13.4. The summed E-state index contributed by atoms with van der Waals surface area (Å²) in [6.07, 6.45) is 0. The number of nitrogens with zero attached hydrogens (tertiary/aromatic N) is 2. The molecule has 0 N–H and O–H groups in total. The van der Waals surface area contributed by atoms with Crippen molar-refractivity contribution in [3.63, 3.8) is 0 Å². The third-order valence-electron chi connectivity index (χ3n) is 6.91. The van der Waals surface area contributed by atoms with Crippen LogP contribution in [0.4, 0.5) is 0 Å². The molecule has 0 amide bonds. The van der Waals surface area contributed by atoms with E-state index < -0.39 is 5.97 Å². The van der Waals surface area contributed by atoms with Crippen LogP contribution in [0, 0.1) is 6.92 Å². The molecule has 6 rings (SSSR count). The van der Waals surface area contributed by atoms with Crippen molar-refractivity contribution in [2.24, 2.45) is 5.16 Å². The molecule has 1 aromatic heterocycles. The SMILES string of the molecule is CC(=O)O/N=C1\COc2c1ccc1c2c2cc(C(=O)c3ccccc3C)ccc2n1CCOc1ccccc1. The standard InChI is InChI=1S/C32H26N2O5/c1-20-8-6-7-11-24(20)31(36)22-12-14-28-26(18-22)30-29(34(28)16-17-37-23-9-4-3-5-10-23)15-13-25-27(19-38-32(25)30)33-39-21(2)35/h3-15,18H,16-17,19H2,1-2H3/b33-27+. The second-order valence-corrected chi connectivity index (χ2v) is 9.44. The van der Waals surface area contributed by atoms with E-state index in [1.807, 2.05) is 91.9 Å².